The van der Waals surface area contributed by atoms with Crippen molar-refractivity contribution in [1.82, 2.24) is 0 Å². The van der Waals surface area contributed by atoms with Crippen LogP contribution in [-0.4, -0.2) is 23.8 Å². The first-order chi connectivity index (χ1) is 8.22. The van der Waals surface area contributed by atoms with Gasteiger partial charge in [0.05, 0.1) is 18.0 Å². The van der Waals surface area contributed by atoms with E-state index in [1.807, 2.05) is 13.0 Å². The van der Waals surface area contributed by atoms with Gasteiger partial charge in [-0.1, -0.05) is 22.9 Å². The van der Waals surface area contributed by atoms with Crippen LogP contribution in [0.2, 0.25) is 0 Å². The second kappa shape index (κ2) is 5.54. The molecule has 0 N–H and O–H groups in total. The van der Waals surface area contributed by atoms with Crippen LogP contribution in [0.5, 0.6) is 11.5 Å². The number of halogens is 1. The van der Waals surface area contributed by atoms with Gasteiger partial charge in [-0.25, -0.2) is 0 Å². The minimum atomic E-state index is -0.132. The van der Waals surface area contributed by atoms with Crippen LogP contribution in [0.1, 0.15) is 30.1 Å². The molecule has 17 heavy (non-hydrogen) atoms. The van der Waals surface area contributed by atoms with Crippen LogP contribution in [0.15, 0.2) is 18.2 Å². The first-order valence-corrected chi connectivity index (χ1v) is 6.72. The Hall–Kier alpha value is -1.03. The van der Waals surface area contributed by atoms with Crippen LogP contribution in [-0.2, 0) is 0 Å². The first kappa shape index (κ1) is 12.4. The number of hydrogen-bond acceptors (Lipinski definition) is 3. The lowest BCUT2D eigenvalue weighted by atomic mass is 10.1. The topological polar surface area (TPSA) is 35.5 Å². The lowest BCUT2D eigenvalue weighted by Crippen LogP contribution is -2.13. The van der Waals surface area contributed by atoms with Crippen LogP contribution in [0.25, 0.3) is 0 Å². The number of rotatable bonds is 3. The van der Waals surface area contributed by atoms with E-state index in [1.165, 1.54) is 0 Å². The smallest absolute Gasteiger partial charge is 0.176 e. The summed E-state index contributed by atoms with van der Waals surface area (Å²) in [5.74, 6) is 1.48. The van der Waals surface area contributed by atoms with Gasteiger partial charge >= 0.3 is 0 Å². The lowest BCUT2D eigenvalue weighted by Gasteiger charge is -2.10. The van der Waals surface area contributed by atoms with Crippen molar-refractivity contribution in [2.24, 2.45) is 0 Å². The van der Waals surface area contributed by atoms with Crippen molar-refractivity contribution in [3.8, 4) is 11.5 Å². The molecule has 0 aliphatic carbocycles. The minimum Gasteiger partial charge on any atom is -0.490 e. The fraction of sp³-hybridized carbons (Fsp3) is 0.462. The molecular formula is C13H15BrO3. The van der Waals surface area contributed by atoms with E-state index in [1.54, 1.807) is 12.1 Å². The summed E-state index contributed by atoms with van der Waals surface area (Å²) in [7, 11) is 0. The van der Waals surface area contributed by atoms with Crippen molar-refractivity contribution in [3.63, 3.8) is 0 Å². The van der Waals surface area contributed by atoms with Gasteiger partial charge in [0.15, 0.2) is 17.3 Å². The highest BCUT2D eigenvalue weighted by molar-refractivity contribution is 9.10. The van der Waals surface area contributed by atoms with Gasteiger partial charge < -0.3 is 9.47 Å². The number of carbonyl (C=O) groups is 1. The number of ether oxygens (including phenoxy) is 2. The molecule has 0 radical (unpaired) electrons. The Morgan fingerprint density at radius 1 is 1.35 bits per heavy atom. The zero-order chi connectivity index (χ0) is 12.3. The molecule has 4 heteroatoms. The molecule has 1 aromatic carbocycles. The Bertz CT molecular complexity index is 417. The van der Waals surface area contributed by atoms with E-state index in [9.17, 15) is 4.79 Å². The predicted molar refractivity (Wildman–Crippen MR) is 69.4 cm³/mol. The van der Waals surface area contributed by atoms with Gasteiger partial charge in [0.25, 0.3) is 0 Å². The Morgan fingerprint density at radius 2 is 2.06 bits per heavy atom. The summed E-state index contributed by atoms with van der Waals surface area (Å²) in [6.45, 7) is 3.27. The highest BCUT2D eigenvalue weighted by atomic mass is 79.9. The SMILES string of the molecule is CCC(Br)C(=O)c1ccc2c(c1)OCCCO2. The van der Waals surface area contributed by atoms with E-state index in [0.717, 1.165) is 18.6 Å². The summed E-state index contributed by atoms with van der Waals surface area (Å²) >= 11 is 3.37. The zero-order valence-electron chi connectivity index (χ0n) is 9.74. The Morgan fingerprint density at radius 3 is 2.76 bits per heavy atom. The van der Waals surface area contributed by atoms with Crippen molar-refractivity contribution in [2.75, 3.05) is 13.2 Å². The average Bonchev–Trinajstić information content (AvgIpc) is 2.61. The third-order valence-electron chi connectivity index (χ3n) is 2.67. The Kier molecular flexibility index (Phi) is 4.05. The predicted octanol–water partition coefficient (Wildman–Crippen LogP) is 3.20. The number of ketones is 1. The van der Waals surface area contributed by atoms with E-state index in [4.69, 9.17) is 9.47 Å². The molecule has 0 saturated heterocycles. The highest BCUT2D eigenvalue weighted by Crippen LogP contribution is 2.31. The molecule has 2 rings (SSSR count). The molecule has 0 amide bonds. The van der Waals surface area contributed by atoms with E-state index in [0.29, 0.717) is 24.5 Å². The molecule has 1 heterocycles. The summed E-state index contributed by atoms with van der Waals surface area (Å²) < 4.78 is 11.1. The third-order valence-corrected chi connectivity index (χ3v) is 3.74. The van der Waals surface area contributed by atoms with E-state index in [-0.39, 0.29) is 10.6 Å². The molecule has 1 aromatic rings. The molecule has 1 aliphatic heterocycles. The molecule has 0 saturated carbocycles. The van der Waals surface area contributed by atoms with Gasteiger partial charge in [-0.3, -0.25) is 4.79 Å². The average molecular weight is 299 g/mol. The van der Waals surface area contributed by atoms with Crippen LogP contribution in [0, 0.1) is 0 Å². The van der Waals surface area contributed by atoms with E-state index >= 15 is 0 Å². The number of benzene rings is 1. The second-order valence-corrected chi connectivity index (χ2v) is 5.06. The monoisotopic (exact) mass is 298 g/mol. The van der Waals surface area contributed by atoms with Crippen LogP contribution in [0.3, 0.4) is 0 Å². The minimum absolute atomic E-state index is 0.0862. The molecule has 92 valence electrons. The molecule has 0 bridgehead atoms. The van der Waals surface area contributed by atoms with Crippen molar-refractivity contribution in [2.45, 2.75) is 24.6 Å². The number of Topliss-reactive ketones (excluding diaryl/α,β-unsaturated/α-hetero) is 1. The van der Waals surface area contributed by atoms with Gasteiger partial charge in [-0.05, 0) is 24.6 Å². The number of fused-ring (bicyclic) bond motifs is 1. The molecule has 3 nitrogen and oxygen atoms in total. The van der Waals surface area contributed by atoms with E-state index in [2.05, 4.69) is 15.9 Å². The normalized spacial score (nSPS) is 16.1. The summed E-state index contributed by atoms with van der Waals surface area (Å²) in [6.07, 6.45) is 1.64. The molecule has 0 aromatic heterocycles. The lowest BCUT2D eigenvalue weighted by molar-refractivity contribution is 0.0989. The first-order valence-electron chi connectivity index (χ1n) is 5.80. The van der Waals surface area contributed by atoms with Crippen molar-refractivity contribution in [1.29, 1.82) is 0 Å². The third kappa shape index (κ3) is 2.80. The van der Waals surface area contributed by atoms with Gasteiger partial charge in [0, 0.05) is 12.0 Å². The second-order valence-electron chi connectivity index (χ2n) is 3.95. The van der Waals surface area contributed by atoms with Crippen LogP contribution < -0.4 is 9.47 Å². The Balaban J connectivity index is 2.26. The Labute approximate surface area is 109 Å². The molecule has 0 spiro atoms. The fourth-order valence-electron chi connectivity index (χ4n) is 1.68. The number of carbonyl (C=O) groups excluding carboxylic acids is 1. The largest absolute Gasteiger partial charge is 0.490 e. The zero-order valence-corrected chi connectivity index (χ0v) is 11.3. The fourth-order valence-corrected chi connectivity index (χ4v) is 1.95. The summed E-state index contributed by atoms with van der Waals surface area (Å²) in [5.41, 5.74) is 0.665. The molecule has 0 fully saturated rings. The van der Waals surface area contributed by atoms with Crippen molar-refractivity contribution >= 4 is 21.7 Å². The summed E-state index contributed by atoms with van der Waals surface area (Å²) in [6, 6.07) is 5.37. The molecule has 1 aliphatic rings. The van der Waals surface area contributed by atoms with Crippen LogP contribution >= 0.6 is 15.9 Å². The molecular weight excluding hydrogens is 284 g/mol. The van der Waals surface area contributed by atoms with Gasteiger partial charge in [0.2, 0.25) is 0 Å². The highest BCUT2D eigenvalue weighted by Gasteiger charge is 2.18. The molecule has 1 atom stereocenters. The van der Waals surface area contributed by atoms with Gasteiger partial charge in [-0.2, -0.15) is 0 Å². The number of hydrogen-bond donors (Lipinski definition) is 0. The summed E-state index contributed by atoms with van der Waals surface area (Å²) in [4.78, 5) is 11.9. The quantitative estimate of drug-likeness (QED) is 0.635. The number of alkyl halides is 1. The maximum atomic E-state index is 12.0. The van der Waals surface area contributed by atoms with Crippen LogP contribution in [0.4, 0.5) is 0 Å². The van der Waals surface area contributed by atoms with Crippen molar-refractivity contribution in [3.05, 3.63) is 23.8 Å². The maximum Gasteiger partial charge on any atom is 0.176 e. The maximum absolute atomic E-state index is 12.0. The van der Waals surface area contributed by atoms with Gasteiger partial charge in [0.1, 0.15) is 0 Å². The standard InChI is InChI=1S/C13H15BrO3/c1-2-10(14)13(15)9-4-5-11-12(8-9)17-7-3-6-16-11/h4-5,8,10H,2-3,6-7H2,1H3. The summed E-state index contributed by atoms with van der Waals surface area (Å²) in [5, 5.41) is 0. The van der Waals surface area contributed by atoms with E-state index < -0.39 is 0 Å². The van der Waals surface area contributed by atoms with Crippen molar-refractivity contribution < 1.29 is 14.3 Å². The molecule has 1 unspecified atom stereocenters. The van der Waals surface area contributed by atoms with Gasteiger partial charge in [-0.15, -0.1) is 0 Å².